The van der Waals surface area contributed by atoms with Crippen LogP contribution < -0.4 is 5.32 Å². The van der Waals surface area contributed by atoms with Gasteiger partial charge in [-0.25, -0.2) is 4.98 Å². The fourth-order valence-corrected chi connectivity index (χ4v) is 3.13. The Balaban J connectivity index is 1.49. The summed E-state index contributed by atoms with van der Waals surface area (Å²) in [4.78, 5) is 5.61. The summed E-state index contributed by atoms with van der Waals surface area (Å²) < 4.78 is 2.20. The number of hydrogen-bond acceptors (Lipinski definition) is 3. The third-order valence-electron chi connectivity index (χ3n) is 3.60. The first-order valence-corrected chi connectivity index (χ1v) is 8.23. The van der Waals surface area contributed by atoms with Crippen molar-refractivity contribution in [2.45, 2.75) is 43.8 Å². The van der Waals surface area contributed by atoms with E-state index in [0.717, 1.165) is 30.7 Å². The number of imidazole rings is 1. The molecule has 1 aromatic carbocycles. The van der Waals surface area contributed by atoms with Crippen molar-refractivity contribution in [1.82, 2.24) is 14.9 Å². The van der Waals surface area contributed by atoms with Crippen LogP contribution in [0.5, 0.6) is 0 Å². The predicted molar refractivity (Wildman–Crippen MR) is 84.0 cm³/mol. The van der Waals surface area contributed by atoms with Gasteiger partial charge in [-0.2, -0.15) is 0 Å². The molecule has 0 radical (unpaired) electrons. The van der Waals surface area contributed by atoms with Crippen molar-refractivity contribution < 1.29 is 0 Å². The maximum Gasteiger partial charge on any atom is 0.105 e. The van der Waals surface area contributed by atoms with Gasteiger partial charge in [0, 0.05) is 42.2 Å². The number of nitrogens with zero attached hydrogens (tertiary/aromatic N) is 2. The third-order valence-corrected chi connectivity index (χ3v) is 4.57. The molecule has 20 heavy (non-hydrogen) atoms. The van der Waals surface area contributed by atoms with Crippen molar-refractivity contribution in [2.24, 2.45) is 0 Å². The second-order valence-corrected chi connectivity index (χ2v) is 6.49. The van der Waals surface area contributed by atoms with E-state index in [4.69, 9.17) is 0 Å². The molecule has 4 heteroatoms. The van der Waals surface area contributed by atoms with Gasteiger partial charge in [-0.1, -0.05) is 12.1 Å². The second kappa shape index (κ2) is 6.46. The Morgan fingerprint density at radius 2 is 2.30 bits per heavy atom. The van der Waals surface area contributed by atoms with E-state index in [1.807, 2.05) is 24.2 Å². The molecule has 1 heterocycles. The van der Waals surface area contributed by atoms with Crippen LogP contribution in [0.1, 0.15) is 24.2 Å². The summed E-state index contributed by atoms with van der Waals surface area (Å²) in [7, 11) is 0. The lowest BCUT2D eigenvalue weighted by Gasteiger charge is -2.07. The SMILES string of the molecule is Cc1nccn1CCSc1cccc(CNC2CC2)c1. The topological polar surface area (TPSA) is 29.9 Å². The summed E-state index contributed by atoms with van der Waals surface area (Å²) in [6.07, 6.45) is 6.60. The molecule has 0 spiro atoms. The van der Waals surface area contributed by atoms with E-state index in [2.05, 4.69) is 46.1 Å². The lowest BCUT2D eigenvalue weighted by atomic mass is 10.2. The standard InChI is InChI=1S/C16H21N3S/c1-13-17-7-8-19(13)9-10-20-16-4-2-3-14(11-16)12-18-15-5-6-15/h2-4,7-8,11,15,18H,5-6,9-10,12H2,1H3. The molecular formula is C16H21N3S. The average Bonchev–Trinajstić information content (AvgIpc) is 3.20. The minimum atomic E-state index is 0.774. The Labute approximate surface area is 124 Å². The van der Waals surface area contributed by atoms with Gasteiger partial charge in [-0.05, 0) is 37.5 Å². The van der Waals surface area contributed by atoms with Gasteiger partial charge in [-0.15, -0.1) is 11.8 Å². The number of rotatable bonds is 7. The van der Waals surface area contributed by atoms with Crippen molar-refractivity contribution >= 4 is 11.8 Å². The highest BCUT2D eigenvalue weighted by Crippen LogP contribution is 2.22. The molecule has 3 rings (SSSR count). The Morgan fingerprint density at radius 3 is 3.05 bits per heavy atom. The van der Waals surface area contributed by atoms with E-state index in [1.165, 1.54) is 23.3 Å². The molecule has 106 valence electrons. The quantitative estimate of drug-likeness (QED) is 0.793. The molecule has 2 aromatic rings. The van der Waals surface area contributed by atoms with Gasteiger partial charge in [0.05, 0.1) is 0 Å². The van der Waals surface area contributed by atoms with Crippen LogP contribution in [-0.4, -0.2) is 21.3 Å². The van der Waals surface area contributed by atoms with Crippen LogP contribution in [0, 0.1) is 6.92 Å². The van der Waals surface area contributed by atoms with Crippen molar-refractivity contribution in [1.29, 1.82) is 0 Å². The van der Waals surface area contributed by atoms with Gasteiger partial charge in [0.25, 0.3) is 0 Å². The van der Waals surface area contributed by atoms with Gasteiger partial charge in [0.1, 0.15) is 5.82 Å². The van der Waals surface area contributed by atoms with Crippen molar-refractivity contribution in [3.05, 3.63) is 48.0 Å². The summed E-state index contributed by atoms with van der Waals surface area (Å²) in [6, 6.07) is 9.65. The lowest BCUT2D eigenvalue weighted by molar-refractivity contribution is 0.687. The molecule has 1 saturated carbocycles. The van der Waals surface area contributed by atoms with Crippen LogP contribution in [0.25, 0.3) is 0 Å². The van der Waals surface area contributed by atoms with Crippen LogP contribution in [0.15, 0.2) is 41.6 Å². The first-order chi connectivity index (χ1) is 9.81. The Hall–Kier alpha value is -1.26. The first-order valence-electron chi connectivity index (χ1n) is 7.24. The number of aromatic nitrogens is 2. The number of thioether (sulfide) groups is 1. The molecule has 1 fully saturated rings. The molecule has 1 aromatic heterocycles. The molecule has 0 amide bonds. The van der Waals surface area contributed by atoms with Crippen LogP contribution in [-0.2, 0) is 13.1 Å². The summed E-state index contributed by atoms with van der Waals surface area (Å²) in [5.41, 5.74) is 1.39. The molecule has 0 atom stereocenters. The van der Waals surface area contributed by atoms with E-state index in [-0.39, 0.29) is 0 Å². The van der Waals surface area contributed by atoms with E-state index >= 15 is 0 Å². The van der Waals surface area contributed by atoms with Crippen molar-refractivity contribution in [3.63, 3.8) is 0 Å². The average molecular weight is 287 g/mol. The van der Waals surface area contributed by atoms with Gasteiger partial charge in [-0.3, -0.25) is 0 Å². The number of benzene rings is 1. The Bertz CT molecular complexity index is 560. The normalized spacial score (nSPS) is 14.7. The smallest absolute Gasteiger partial charge is 0.105 e. The van der Waals surface area contributed by atoms with Crippen LogP contribution >= 0.6 is 11.8 Å². The number of aryl methyl sites for hydroxylation is 2. The minimum absolute atomic E-state index is 0.774. The number of hydrogen-bond donors (Lipinski definition) is 1. The predicted octanol–water partition coefficient (Wildman–Crippen LogP) is 3.24. The largest absolute Gasteiger partial charge is 0.334 e. The van der Waals surface area contributed by atoms with Crippen LogP contribution in [0.2, 0.25) is 0 Å². The van der Waals surface area contributed by atoms with E-state index in [0.29, 0.717) is 0 Å². The fraction of sp³-hybridized carbons (Fsp3) is 0.438. The van der Waals surface area contributed by atoms with E-state index < -0.39 is 0 Å². The fourth-order valence-electron chi connectivity index (χ4n) is 2.20. The monoisotopic (exact) mass is 287 g/mol. The van der Waals surface area contributed by atoms with Gasteiger partial charge < -0.3 is 9.88 Å². The highest BCUT2D eigenvalue weighted by atomic mass is 32.2. The van der Waals surface area contributed by atoms with Gasteiger partial charge in [0.15, 0.2) is 0 Å². The molecule has 1 N–H and O–H groups in total. The lowest BCUT2D eigenvalue weighted by Crippen LogP contribution is -2.15. The molecule has 0 bridgehead atoms. The van der Waals surface area contributed by atoms with E-state index in [1.54, 1.807) is 0 Å². The number of nitrogens with one attached hydrogen (secondary N) is 1. The maximum atomic E-state index is 4.25. The minimum Gasteiger partial charge on any atom is -0.334 e. The Kier molecular flexibility index (Phi) is 4.43. The maximum absolute atomic E-state index is 4.25. The van der Waals surface area contributed by atoms with Crippen molar-refractivity contribution in [2.75, 3.05) is 5.75 Å². The summed E-state index contributed by atoms with van der Waals surface area (Å²) in [5.74, 6) is 2.17. The summed E-state index contributed by atoms with van der Waals surface area (Å²) in [5, 5.41) is 3.56. The highest BCUT2D eigenvalue weighted by molar-refractivity contribution is 7.99. The van der Waals surface area contributed by atoms with Gasteiger partial charge in [0.2, 0.25) is 0 Å². The Morgan fingerprint density at radius 1 is 1.40 bits per heavy atom. The molecular weight excluding hydrogens is 266 g/mol. The van der Waals surface area contributed by atoms with Crippen LogP contribution in [0.4, 0.5) is 0 Å². The molecule has 0 unspecified atom stereocenters. The molecule has 3 nitrogen and oxygen atoms in total. The molecule has 0 aliphatic heterocycles. The second-order valence-electron chi connectivity index (χ2n) is 5.32. The summed E-state index contributed by atoms with van der Waals surface area (Å²) in [6.45, 7) is 4.07. The molecule has 1 aliphatic carbocycles. The van der Waals surface area contributed by atoms with Crippen molar-refractivity contribution in [3.8, 4) is 0 Å². The zero-order chi connectivity index (χ0) is 13.8. The summed E-state index contributed by atoms with van der Waals surface area (Å²) >= 11 is 1.92. The zero-order valence-electron chi connectivity index (χ0n) is 11.9. The first kappa shape index (κ1) is 13.7. The highest BCUT2D eigenvalue weighted by Gasteiger charge is 2.19. The zero-order valence-corrected chi connectivity index (χ0v) is 12.7. The van der Waals surface area contributed by atoms with E-state index in [9.17, 15) is 0 Å². The van der Waals surface area contributed by atoms with Gasteiger partial charge >= 0.3 is 0 Å². The molecule has 0 saturated heterocycles. The third kappa shape index (κ3) is 3.87. The van der Waals surface area contributed by atoms with Crippen LogP contribution in [0.3, 0.4) is 0 Å². The molecule has 1 aliphatic rings.